The maximum absolute atomic E-state index is 15.2. The van der Waals surface area contributed by atoms with Gasteiger partial charge in [-0.25, -0.2) is 25.9 Å². The number of ketones is 1. The molecule has 2 heterocycles. The van der Waals surface area contributed by atoms with E-state index < -0.39 is 50.8 Å². The van der Waals surface area contributed by atoms with Gasteiger partial charge in [0.15, 0.2) is 5.78 Å². The standard InChI is InChI=1S/C33H37ClF3N3O4S/c1-45(42,43)40-13-11-33(12-14-40)20-39-19-27(44-33)9-10-28-22(3-2-4-29(28)37)17-30(41)32(38)31(21-5-7-24(34)8-6-21)23-15-25(35)18-26(36)16-23/h2-8,15-16,18,27,31-32,39H,9-14,17,19-20,38H2,1H3/t27-,31+,32-/m1/s1. The fourth-order valence-corrected chi connectivity index (χ4v) is 7.43. The lowest BCUT2D eigenvalue weighted by Crippen LogP contribution is -2.58. The number of carbonyl (C=O) groups excluding carboxylic acids is 1. The molecule has 0 aliphatic carbocycles. The van der Waals surface area contributed by atoms with Crippen molar-refractivity contribution in [2.45, 2.75) is 55.8 Å². The summed E-state index contributed by atoms with van der Waals surface area (Å²) in [5, 5.41) is 3.85. The van der Waals surface area contributed by atoms with Gasteiger partial charge >= 0.3 is 0 Å². The zero-order valence-electron chi connectivity index (χ0n) is 24.9. The summed E-state index contributed by atoms with van der Waals surface area (Å²) in [5.41, 5.74) is 7.65. The van der Waals surface area contributed by atoms with Crippen molar-refractivity contribution in [1.29, 1.82) is 0 Å². The van der Waals surface area contributed by atoms with E-state index in [0.29, 0.717) is 73.6 Å². The summed E-state index contributed by atoms with van der Waals surface area (Å²) in [4.78, 5) is 13.7. The summed E-state index contributed by atoms with van der Waals surface area (Å²) in [6.45, 7) is 1.94. The number of ether oxygens (including phenoxy) is 1. The third-order valence-electron chi connectivity index (χ3n) is 8.84. The second kappa shape index (κ2) is 13.9. The minimum absolute atomic E-state index is 0.175. The van der Waals surface area contributed by atoms with E-state index in [9.17, 15) is 22.0 Å². The van der Waals surface area contributed by atoms with Gasteiger partial charge < -0.3 is 15.8 Å². The van der Waals surface area contributed by atoms with Crippen molar-refractivity contribution in [3.63, 3.8) is 0 Å². The Morgan fingerprint density at radius 2 is 1.73 bits per heavy atom. The van der Waals surface area contributed by atoms with Gasteiger partial charge in [0.1, 0.15) is 17.5 Å². The lowest BCUT2D eigenvalue weighted by atomic mass is 9.82. The largest absolute Gasteiger partial charge is 0.369 e. The topological polar surface area (TPSA) is 102 Å². The van der Waals surface area contributed by atoms with Gasteiger partial charge in [-0.2, -0.15) is 0 Å². The van der Waals surface area contributed by atoms with Gasteiger partial charge in [-0.05, 0) is 78.3 Å². The number of nitrogens with two attached hydrogens (primary N) is 1. The van der Waals surface area contributed by atoms with Crippen LogP contribution in [0.1, 0.15) is 47.4 Å². The highest BCUT2D eigenvalue weighted by Crippen LogP contribution is 2.33. The van der Waals surface area contributed by atoms with Crippen LogP contribution in [0.15, 0.2) is 60.7 Å². The molecule has 242 valence electrons. The summed E-state index contributed by atoms with van der Waals surface area (Å²) in [7, 11) is -3.27. The van der Waals surface area contributed by atoms with E-state index in [1.165, 1.54) is 22.7 Å². The van der Waals surface area contributed by atoms with Gasteiger partial charge in [-0.3, -0.25) is 4.79 Å². The zero-order valence-corrected chi connectivity index (χ0v) is 26.5. The Morgan fingerprint density at radius 1 is 1.07 bits per heavy atom. The van der Waals surface area contributed by atoms with Crippen molar-refractivity contribution < 1.29 is 31.1 Å². The lowest BCUT2D eigenvalue weighted by Gasteiger charge is -2.46. The number of rotatable bonds is 10. The van der Waals surface area contributed by atoms with E-state index in [2.05, 4.69) is 5.32 Å². The van der Waals surface area contributed by atoms with E-state index in [0.717, 1.165) is 18.2 Å². The number of Topliss-reactive ketones (excluding diaryl/α,β-unsaturated/α-hetero) is 1. The third kappa shape index (κ3) is 8.14. The van der Waals surface area contributed by atoms with Crippen LogP contribution in [0.25, 0.3) is 0 Å². The van der Waals surface area contributed by atoms with Gasteiger partial charge in [0.05, 0.1) is 24.0 Å². The first-order valence-corrected chi connectivity index (χ1v) is 17.2. The monoisotopic (exact) mass is 663 g/mol. The molecule has 1 spiro atoms. The van der Waals surface area contributed by atoms with Crippen molar-refractivity contribution in [3.05, 3.63) is 105 Å². The Bertz CT molecular complexity index is 1610. The van der Waals surface area contributed by atoms with Crippen LogP contribution >= 0.6 is 11.6 Å². The molecule has 2 aliphatic rings. The number of halogens is 4. The third-order valence-corrected chi connectivity index (χ3v) is 10.4. The van der Waals surface area contributed by atoms with E-state index >= 15 is 4.39 Å². The molecule has 5 rings (SSSR count). The fourth-order valence-electron chi connectivity index (χ4n) is 6.46. The van der Waals surface area contributed by atoms with Crippen molar-refractivity contribution in [1.82, 2.24) is 9.62 Å². The number of carbonyl (C=O) groups is 1. The average Bonchev–Trinajstić information content (AvgIpc) is 2.97. The van der Waals surface area contributed by atoms with Crippen molar-refractivity contribution in [2.24, 2.45) is 5.73 Å². The molecule has 0 aromatic heterocycles. The Balaban J connectivity index is 1.30. The van der Waals surface area contributed by atoms with E-state index in [-0.39, 0.29) is 18.1 Å². The van der Waals surface area contributed by atoms with Gasteiger partial charge in [-0.1, -0.05) is 35.9 Å². The van der Waals surface area contributed by atoms with Crippen LogP contribution in [0.3, 0.4) is 0 Å². The number of sulfonamides is 1. The first kappa shape index (κ1) is 33.6. The molecule has 45 heavy (non-hydrogen) atoms. The maximum Gasteiger partial charge on any atom is 0.211 e. The average molecular weight is 664 g/mol. The molecule has 0 radical (unpaired) electrons. The number of nitrogens with zero attached hydrogens (tertiary/aromatic N) is 1. The summed E-state index contributed by atoms with van der Waals surface area (Å²) in [5.74, 6) is -3.32. The normalized spacial score (nSPS) is 20.2. The van der Waals surface area contributed by atoms with Crippen molar-refractivity contribution >= 4 is 27.4 Å². The smallest absolute Gasteiger partial charge is 0.211 e. The highest BCUT2D eigenvalue weighted by Gasteiger charge is 2.41. The molecule has 2 aliphatic heterocycles. The predicted molar refractivity (Wildman–Crippen MR) is 167 cm³/mol. The van der Waals surface area contributed by atoms with Crippen LogP contribution < -0.4 is 11.1 Å². The minimum Gasteiger partial charge on any atom is -0.369 e. The molecule has 12 heteroatoms. The number of morpholine rings is 1. The van der Waals surface area contributed by atoms with Crippen LogP contribution in [0, 0.1) is 17.5 Å². The summed E-state index contributed by atoms with van der Waals surface area (Å²) >= 11 is 6.05. The van der Waals surface area contributed by atoms with Crippen molar-refractivity contribution in [3.8, 4) is 0 Å². The SMILES string of the molecule is CS(=O)(=O)N1CCC2(CC1)CNC[C@@H](CCc1c(F)cccc1CC(=O)[C@@H](N)[C@@H](c1ccc(Cl)cc1)c1cc(F)cc(F)c1)O2. The van der Waals surface area contributed by atoms with Gasteiger partial charge in [0.2, 0.25) is 10.0 Å². The molecule has 2 fully saturated rings. The van der Waals surface area contributed by atoms with Crippen LogP contribution in [0.5, 0.6) is 0 Å². The Labute approximate surface area is 266 Å². The zero-order chi connectivity index (χ0) is 32.4. The fraction of sp³-hybridized carbons (Fsp3) is 0.424. The second-order valence-corrected chi connectivity index (χ2v) is 14.5. The molecule has 3 aromatic rings. The number of benzene rings is 3. The predicted octanol–water partition coefficient (Wildman–Crippen LogP) is 4.74. The maximum atomic E-state index is 15.2. The van der Waals surface area contributed by atoms with Gasteiger partial charge in [0.25, 0.3) is 0 Å². The van der Waals surface area contributed by atoms with Gasteiger partial charge in [-0.15, -0.1) is 0 Å². The van der Waals surface area contributed by atoms with Crippen LogP contribution in [0.2, 0.25) is 5.02 Å². The highest BCUT2D eigenvalue weighted by molar-refractivity contribution is 7.88. The number of nitrogens with one attached hydrogen (secondary N) is 1. The first-order valence-electron chi connectivity index (χ1n) is 14.9. The van der Waals surface area contributed by atoms with E-state index in [1.807, 2.05) is 0 Å². The van der Waals surface area contributed by atoms with Crippen LogP contribution in [-0.2, 0) is 32.4 Å². The van der Waals surface area contributed by atoms with E-state index in [1.54, 1.807) is 30.3 Å². The Hall–Kier alpha value is -2.80. The molecule has 0 bridgehead atoms. The minimum atomic E-state index is -3.27. The van der Waals surface area contributed by atoms with E-state index in [4.69, 9.17) is 22.1 Å². The summed E-state index contributed by atoms with van der Waals surface area (Å²) in [6.07, 6.45) is 2.70. The number of hydrogen-bond donors (Lipinski definition) is 2. The quantitative estimate of drug-likeness (QED) is 0.325. The number of piperidine rings is 1. The molecular weight excluding hydrogens is 627 g/mol. The summed E-state index contributed by atoms with van der Waals surface area (Å²) in [6, 6.07) is 13.0. The van der Waals surface area contributed by atoms with Gasteiger partial charge in [0, 0.05) is 49.6 Å². The van der Waals surface area contributed by atoms with Crippen LogP contribution in [0.4, 0.5) is 13.2 Å². The highest BCUT2D eigenvalue weighted by atomic mass is 35.5. The molecule has 3 aromatic carbocycles. The molecule has 0 unspecified atom stereocenters. The Kier molecular flexibility index (Phi) is 10.4. The molecule has 3 atom stereocenters. The molecule has 3 N–H and O–H groups in total. The van der Waals surface area contributed by atoms with Crippen molar-refractivity contribution in [2.75, 3.05) is 32.4 Å². The number of hydrogen-bond acceptors (Lipinski definition) is 6. The summed E-state index contributed by atoms with van der Waals surface area (Å²) < 4.78 is 75.5. The molecular formula is C33H37ClF3N3O4S. The molecule has 0 saturated carbocycles. The molecule has 7 nitrogen and oxygen atoms in total. The van der Waals surface area contributed by atoms with Crippen LogP contribution in [-0.4, -0.2) is 68.7 Å². The molecule has 2 saturated heterocycles. The second-order valence-electron chi connectivity index (χ2n) is 12.0. The lowest BCUT2D eigenvalue weighted by molar-refractivity contribution is -0.137. The first-order chi connectivity index (χ1) is 21.3. The Morgan fingerprint density at radius 3 is 2.38 bits per heavy atom. The molecule has 0 amide bonds.